The van der Waals surface area contributed by atoms with E-state index in [-0.39, 0.29) is 0 Å². The van der Waals surface area contributed by atoms with E-state index in [1.807, 2.05) is 6.92 Å². The molecule has 1 radical (unpaired) electrons. The van der Waals surface area contributed by atoms with Crippen LogP contribution < -0.4 is 0 Å². The average Bonchev–Trinajstić information content (AvgIpc) is 1.65. The molecule has 0 spiro atoms. The van der Waals surface area contributed by atoms with Gasteiger partial charge in [0, 0.05) is 0 Å². The summed E-state index contributed by atoms with van der Waals surface area (Å²) < 4.78 is 0. The van der Waals surface area contributed by atoms with Gasteiger partial charge in [0.15, 0.2) is 0 Å². The third-order valence-electron chi connectivity index (χ3n) is 0.598. The van der Waals surface area contributed by atoms with E-state index < -0.39 is 9.04 Å². The molecular weight excluding hydrogens is 92.1 g/mol. The maximum atomic E-state index is 8.65. The van der Waals surface area contributed by atoms with Gasteiger partial charge in [-0.2, -0.15) is 0 Å². The van der Waals surface area contributed by atoms with Gasteiger partial charge in [0.25, 0.3) is 0 Å². The molecule has 1 nitrogen and oxygen atoms in total. The smallest absolute Gasteiger partial charge is 0.234 e. The van der Waals surface area contributed by atoms with Crippen LogP contribution in [0.15, 0.2) is 12.3 Å². The van der Waals surface area contributed by atoms with E-state index in [9.17, 15) is 0 Å². The minimum atomic E-state index is -1.10. The summed E-state index contributed by atoms with van der Waals surface area (Å²) in [6.07, 6.45) is 0. The molecule has 1 N–H and O–H groups in total. The maximum absolute atomic E-state index is 8.65. The number of hydrogen-bond acceptors (Lipinski definition) is 1. The molecule has 0 aliphatic heterocycles. The molecule has 0 atom stereocenters. The normalized spacial score (nSPS) is 9.17. The standard InChI is InChI=1S/C4H9OSi/c1-3-6(5)4-2/h3,5H,1,4H2,2H3. The molecule has 0 saturated carbocycles. The highest BCUT2D eigenvalue weighted by atomic mass is 28.3. The zero-order valence-corrected chi connectivity index (χ0v) is 4.94. The Morgan fingerprint density at radius 2 is 2.50 bits per heavy atom. The van der Waals surface area contributed by atoms with Crippen molar-refractivity contribution in [3.63, 3.8) is 0 Å². The lowest BCUT2D eigenvalue weighted by Gasteiger charge is -1.88. The lowest BCUT2D eigenvalue weighted by atomic mass is 11.0. The van der Waals surface area contributed by atoms with Crippen molar-refractivity contribution in [3.8, 4) is 0 Å². The van der Waals surface area contributed by atoms with Gasteiger partial charge in [-0.1, -0.05) is 12.6 Å². The second-order valence-electron chi connectivity index (χ2n) is 1.05. The van der Waals surface area contributed by atoms with Crippen molar-refractivity contribution in [2.24, 2.45) is 0 Å². The van der Waals surface area contributed by atoms with Crippen LogP contribution in [-0.4, -0.2) is 13.8 Å². The highest BCUT2D eigenvalue weighted by Crippen LogP contribution is 1.82. The molecule has 0 heterocycles. The molecule has 0 aromatic heterocycles. The van der Waals surface area contributed by atoms with E-state index in [4.69, 9.17) is 4.80 Å². The van der Waals surface area contributed by atoms with E-state index in [0.717, 1.165) is 6.04 Å². The fraction of sp³-hybridized carbons (Fsp3) is 0.500. The minimum Gasteiger partial charge on any atom is -0.428 e. The number of hydrogen-bond donors (Lipinski definition) is 1. The van der Waals surface area contributed by atoms with Gasteiger partial charge in [0.05, 0.1) is 0 Å². The van der Waals surface area contributed by atoms with Crippen molar-refractivity contribution in [1.82, 2.24) is 0 Å². The van der Waals surface area contributed by atoms with E-state index in [1.165, 1.54) is 0 Å². The van der Waals surface area contributed by atoms with Crippen LogP contribution in [-0.2, 0) is 0 Å². The fourth-order valence-electron chi connectivity index (χ4n) is 0.144. The molecule has 0 unspecified atom stereocenters. The van der Waals surface area contributed by atoms with Gasteiger partial charge in [-0.15, -0.1) is 6.58 Å². The first-order chi connectivity index (χ1) is 2.81. The van der Waals surface area contributed by atoms with Crippen LogP contribution in [0.1, 0.15) is 6.92 Å². The number of rotatable bonds is 2. The summed E-state index contributed by atoms with van der Waals surface area (Å²) in [6.45, 7) is 5.38. The Labute approximate surface area is 40.0 Å². The van der Waals surface area contributed by atoms with Gasteiger partial charge in [-0.25, -0.2) is 0 Å². The molecule has 0 aliphatic rings. The first-order valence-corrected chi connectivity index (χ1v) is 3.71. The third kappa shape index (κ3) is 2.17. The fourth-order valence-corrected chi connectivity index (χ4v) is 0.433. The summed E-state index contributed by atoms with van der Waals surface area (Å²) in [7, 11) is -1.10. The lowest BCUT2D eigenvalue weighted by molar-refractivity contribution is 0.585. The van der Waals surface area contributed by atoms with Crippen molar-refractivity contribution >= 4 is 9.04 Å². The molecule has 0 saturated heterocycles. The Kier molecular flexibility index (Phi) is 3.08. The van der Waals surface area contributed by atoms with Gasteiger partial charge < -0.3 is 4.80 Å². The monoisotopic (exact) mass is 101 g/mol. The lowest BCUT2D eigenvalue weighted by Crippen LogP contribution is -2.03. The van der Waals surface area contributed by atoms with Gasteiger partial charge in [0.2, 0.25) is 9.04 Å². The second-order valence-corrected chi connectivity index (χ2v) is 3.15. The highest BCUT2D eigenvalue weighted by molar-refractivity contribution is 6.55. The van der Waals surface area contributed by atoms with Gasteiger partial charge in [-0.05, 0) is 6.04 Å². The summed E-state index contributed by atoms with van der Waals surface area (Å²) in [5.74, 6) is 0. The highest BCUT2D eigenvalue weighted by Gasteiger charge is 1.92. The van der Waals surface area contributed by atoms with Crippen LogP contribution in [0.25, 0.3) is 0 Å². The topological polar surface area (TPSA) is 20.2 Å². The SMILES string of the molecule is C=C[Si](O)CC. The van der Waals surface area contributed by atoms with Gasteiger partial charge >= 0.3 is 0 Å². The van der Waals surface area contributed by atoms with Crippen molar-refractivity contribution in [1.29, 1.82) is 0 Å². The summed E-state index contributed by atoms with van der Waals surface area (Å²) in [6, 6.07) is 0.869. The van der Waals surface area contributed by atoms with E-state index >= 15 is 0 Å². The summed E-state index contributed by atoms with van der Waals surface area (Å²) in [5, 5.41) is 0. The predicted molar refractivity (Wildman–Crippen MR) is 28.7 cm³/mol. The first-order valence-electron chi connectivity index (χ1n) is 1.98. The van der Waals surface area contributed by atoms with Gasteiger partial charge in [-0.3, -0.25) is 0 Å². The van der Waals surface area contributed by atoms with Crippen molar-refractivity contribution in [2.45, 2.75) is 13.0 Å². The summed E-state index contributed by atoms with van der Waals surface area (Å²) in [4.78, 5) is 8.65. The molecule has 0 amide bonds. The molecule has 6 heavy (non-hydrogen) atoms. The van der Waals surface area contributed by atoms with E-state index in [2.05, 4.69) is 6.58 Å². The van der Waals surface area contributed by atoms with E-state index in [1.54, 1.807) is 5.70 Å². The van der Waals surface area contributed by atoms with E-state index in [0.29, 0.717) is 0 Å². The molecule has 0 bridgehead atoms. The minimum absolute atomic E-state index is 0.869. The largest absolute Gasteiger partial charge is 0.428 e. The van der Waals surface area contributed by atoms with Crippen LogP contribution in [0.2, 0.25) is 6.04 Å². The first kappa shape index (κ1) is 5.92. The van der Waals surface area contributed by atoms with Crippen LogP contribution >= 0.6 is 0 Å². The molecular formula is C4H9OSi. The Bertz CT molecular complexity index is 44.8. The molecule has 0 aliphatic carbocycles. The Balaban J connectivity index is 2.96. The van der Waals surface area contributed by atoms with Crippen molar-refractivity contribution in [3.05, 3.63) is 12.3 Å². The zero-order chi connectivity index (χ0) is 4.99. The van der Waals surface area contributed by atoms with Crippen molar-refractivity contribution in [2.75, 3.05) is 0 Å². The second kappa shape index (κ2) is 3.12. The molecule has 35 valence electrons. The van der Waals surface area contributed by atoms with Crippen LogP contribution in [0.5, 0.6) is 0 Å². The molecule has 0 aromatic carbocycles. The average molecular weight is 101 g/mol. The molecule has 0 fully saturated rings. The molecule has 0 aromatic rings. The quantitative estimate of drug-likeness (QED) is 0.508. The Hall–Kier alpha value is -0.0831. The van der Waals surface area contributed by atoms with Crippen LogP contribution in [0, 0.1) is 0 Å². The van der Waals surface area contributed by atoms with Crippen LogP contribution in [0.4, 0.5) is 0 Å². The molecule has 0 rings (SSSR count). The Morgan fingerprint density at radius 1 is 2.00 bits per heavy atom. The maximum Gasteiger partial charge on any atom is 0.234 e. The molecule has 2 heteroatoms. The van der Waals surface area contributed by atoms with Gasteiger partial charge in [0.1, 0.15) is 0 Å². The zero-order valence-electron chi connectivity index (χ0n) is 3.94. The predicted octanol–water partition coefficient (Wildman–Crippen LogP) is 0.715. The third-order valence-corrected chi connectivity index (χ3v) is 1.79. The Morgan fingerprint density at radius 3 is 2.50 bits per heavy atom. The van der Waals surface area contributed by atoms with Crippen molar-refractivity contribution < 1.29 is 4.80 Å². The summed E-state index contributed by atoms with van der Waals surface area (Å²) >= 11 is 0. The van der Waals surface area contributed by atoms with Crippen LogP contribution in [0.3, 0.4) is 0 Å². The summed E-state index contributed by atoms with van der Waals surface area (Å²) in [5.41, 5.74) is 1.63.